The van der Waals surface area contributed by atoms with Gasteiger partial charge in [0.2, 0.25) is 0 Å². The van der Waals surface area contributed by atoms with Crippen LogP contribution in [0.3, 0.4) is 0 Å². The second-order valence-electron chi connectivity index (χ2n) is 0.448. The molecule has 0 heterocycles. The van der Waals surface area contributed by atoms with E-state index in [9.17, 15) is 0 Å². The first-order valence-electron chi connectivity index (χ1n) is 0.698. The zero-order chi connectivity index (χ0) is 4.50. The van der Waals surface area contributed by atoms with E-state index in [2.05, 4.69) is 0 Å². The molecule has 43 valence electrons. The molecule has 0 aliphatic rings. The summed E-state index contributed by atoms with van der Waals surface area (Å²) in [6, 6.07) is 0. The van der Waals surface area contributed by atoms with Crippen LogP contribution in [0.5, 0.6) is 0 Å². The fourth-order valence-corrected chi connectivity index (χ4v) is 0. The van der Waals surface area contributed by atoms with Gasteiger partial charge in [-0.3, -0.25) is 0 Å². The van der Waals surface area contributed by atoms with E-state index in [1.165, 1.54) is 0 Å². The summed E-state index contributed by atoms with van der Waals surface area (Å²) in [5.74, 6) is 0. The third-order valence-corrected chi connectivity index (χ3v) is 0. The van der Waals surface area contributed by atoms with Crippen molar-refractivity contribution in [2.24, 2.45) is 0 Å². The summed E-state index contributed by atoms with van der Waals surface area (Å²) in [4.78, 5) is 0. The van der Waals surface area contributed by atoms with Gasteiger partial charge >= 0.3 is 17.1 Å². The van der Waals surface area contributed by atoms with Gasteiger partial charge in [0.05, 0.1) is 0 Å². The molecule has 0 saturated heterocycles. The Balaban J connectivity index is 0. The molecule has 0 fully saturated rings. The molecule has 0 saturated carbocycles. The minimum Gasteiger partial charge on any atom is -0.784 e. The Bertz CT molecular complexity index is 23.0. The normalized spacial score (nSPS) is 12.7. The van der Waals surface area contributed by atoms with Crippen LogP contribution in [-0.2, 0) is 17.1 Å². The summed E-state index contributed by atoms with van der Waals surface area (Å²) < 4.78 is 31.6. The van der Waals surface area contributed by atoms with Gasteiger partial charge in [0.15, 0.2) is 0 Å². The topological polar surface area (TPSA) is 86.6 Å². The van der Waals surface area contributed by atoms with E-state index >= 15 is 0 Å². The summed E-state index contributed by atoms with van der Waals surface area (Å²) in [5, 5.41) is 0. The zero-order valence-electron chi connectivity index (χ0n) is 2.42. The van der Waals surface area contributed by atoms with Gasteiger partial charge in [-0.05, 0) is 0 Å². The van der Waals surface area contributed by atoms with E-state index in [-0.39, 0.29) is 17.1 Å². The molecule has 1 radical (unpaired) electrons. The molecule has 0 aliphatic carbocycles. The van der Waals surface area contributed by atoms with Gasteiger partial charge in [0.25, 0.3) is 0 Å². The molecule has 6 heavy (non-hydrogen) atoms. The quantitative estimate of drug-likeness (QED) is 0.490. The number of hydrogen-bond acceptors (Lipinski definition) is 4. The molecule has 0 aromatic heterocycles. The molecule has 0 unspecified atom stereocenters. The van der Waals surface area contributed by atoms with Crippen LogP contribution in [0.25, 0.3) is 0 Å². The Kier molecular flexibility index (Phi) is 4.62. The second-order valence-corrected chi connectivity index (χ2v) is 1.34. The Morgan fingerprint density at radius 3 is 1.17 bits per heavy atom. The first-order chi connectivity index (χ1) is 2.00. The van der Waals surface area contributed by atoms with E-state index in [1.54, 1.807) is 0 Å². The second kappa shape index (κ2) is 2.81. The minimum atomic E-state index is -4.67. The van der Waals surface area contributed by atoms with Gasteiger partial charge < -0.3 is 18.2 Å². The van der Waals surface area contributed by atoms with Crippen molar-refractivity contribution < 1.29 is 35.3 Å². The summed E-state index contributed by atoms with van der Waals surface area (Å²) in [5.41, 5.74) is 0. The van der Waals surface area contributed by atoms with Crippen LogP contribution in [0.15, 0.2) is 0 Å². The van der Waals surface area contributed by atoms with E-state index in [0.717, 1.165) is 0 Å². The molecule has 0 amide bonds. The number of rotatable bonds is 0. The fraction of sp³-hybridized carbons (Fsp3) is 0. The van der Waals surface area contributed by atoms with Gasteiger partial charge in [-0.25, -0.2) is 0 Å². The van der Waals surface area contributed by atoms with Crippen molar-refractivity contribution in [3.63, 3.8) is 0 Å². The molecular weight excluding hydrogens is 160 g/mol. The summed E-state index contributed by atoms with van der Waals surface area (Å²) >= 11 is -4.67. The largest absolute Gasteiger partial charge is 2.00 e. The predicted octanol–water partition coefficient (Wildman–Crippen LogP) is -0.00470. The van der Waals surface area contributed by atoms with Gasteiger partial charge in [0, 0.05) is 0 Å². The van der Waals surface area contributed by atoms with Gasteiger partial charge in [-0.1, -0.05) is 0 Å². The molecule has 0 rings (SSSR count). The Labute approximate surface area is 47.0 Å². The molecule has 0 aromatic rings. The standard InChI is InChI=1S/Cu.H4O4S/c;1-5(2,3)4/h;1-4H/q+2;/p-2. The Morgan fingerprint density at radius 1 is 1.17 bits per heavy atom. The molecule has 0 aromatic carbocycles. The molecular formula is H2CuO4S. The molecule has 0 atom stereocenters. The van der Waals surface area contributed by atoms with E-state index in [1.807, 2.05) is 0 Å². The molecule has 0 aliphatic heterocycles. The Hall–Kier alpha value is 0.709. The van der Waals surface area contributed by atoms with Gasteiger partial charge in [-0.15, -0.1) is 0 Å². The van der Waals surface area contributed by atoms with Crippen molar-refractivity contribution in [3.05, 3.63) is 0 Å². The first kappa shape index (κ1) is 9.86. The monoisotopic (exact) mass is 161 g/mol. The SMILES string of the molecule is [Cu+2].[O-]S([O-])(O)O. The molecule has 0 bridgehead atoms. The third kappa shape index (κ3) is 129. The third-order valence-electron chi connectivity index (χ3n) is 0. The van der Waals surface area contributed by atoms with Gasteiger partial charge in [0.1, 0.15) is 0 Å². The van der Waals surface area contributed by atoms with Crippen LogP contribution in [0.4, 0.5) is 0 Å². The van der Waals surface area contributed by atoms with Crippen LogP contribution in [0.1, 0.15) is 0 Å². The minimum absolute atomic E-state index is 0. The summed E-state index contributed by atoms with van der Waals surface area (Å²) in [6.45, 7) is 0. The van der Waals surface area contributed by atoms with Crippen molar-refractivity contribution >= 4 is 11.2 Å². The van der Waals surface area contributed by atoms with E-state index < -0.39 is 11.2 Å². The van der Waals surface area contributed by atoms with Crippen LogP contribution >= 0.6 is 11.2 Å². The Morgan fingerprint density at radius 2 is 1.17 bits per heavy atom. The zero-order valence-corrected chi connectivity index (χ0v) is 4.18. The summed E-state index contributed by atoms with van der Waals surface area (Å²) in [7, 11) is 0. The van der Waals surface area contributed by atoms with E-state index in [0.29, 0.717) is 0 Å². The van der Waals surface area contributed by atoms with E-state index in [4.69, 9.17) is 18.2 Å². The maximum atomic E-state index is 8.74. The van der Waals surface area contributed by atoms with Crippen molar-refractivity contribution in [1.29, 1.82) is 0 Å². The van der Waals surface area contributed by atoms with Crippen molar-refractivity contribution in [3.8, 4) is 0 Å². The molecule has 0 spiro atoms. The van der Waals surface area contributed by atoms with Crippen LogP contribution < -0.4 is 0 Å². The molecule has 4 nitrogen and oxygen atoms in total. The first-order valence-corrected chi connectivity index (χ1v) is 2.10. The van der Waals surface area contributed by atoms with Crippen LogP contribution in [0, 0.1) is 0 Å². The van der Waals surface area contributed by atoms with Crippen molar-refractivity contribution in [2.45, 2.75) is 0 Å². The molecule has 2 N–H and O–H groups in total. The van der Waals surface area contributed by atoms with Crippen LogP contribution in [0.2, 0.25) is 0 Å². The average molecular weight is 162 g/mol. The average Bonchev–Trinajstić information content (AvgIpc) is 0.722. The van der Waals surface area contributed by atoms with Crippen LogP contribution in [-0.4, -0.2) is 18.2 Å². The van der Waals surface area contributed by atoms with Crippen molar-refractivity contribution in [2.75, 3.05) is 0 Å². The van der Waals surface area contributed by atoms with Gasteiger partial charge in [-0.2, -0.15) is 11.2 Å². The number of hydrogen-bond donors (Lipinski definition) is 2. The van der Waals surface area contributed by atoms with Crippen molar-refractivity contribution in [1.82, 2.24) is 0 Å². The fourth-order valence-electron chi connectivity index (χ4n) is 0. The molecule has 6 heteroatoms. The predicted molar refractivity (Wildman–Crippen MR) is 14.4 cm³/mol. The maximum Gasteiger partial charge on any atom is 2.00 e. The summed E-state index contributed by atoms with van der Waals surface area (Å²) in [6.07, 6.45) is 0. The maximum absolute atomic E-state index is 8.74. The smallest absolute Gasteiger partial charge is 0.784 e.